The summed E-state index contributed by atoms with van der Waals surface area (Å²) in [7, 11) is 0. The minimum Gasteiger partial charge on any atom is -0.382 e. The van der Waals surface area contributed by atoms with E-state index in [4.69, 9.17) is 16.6 Å². The molecule has 0 radical (unpaired) electrons. The molecule has 0 amide bonds. The highest BCUT2D eigenvalue weighted by Gasteiger charge is 2.10. The van der Waals surface area contributed by atoms with Gasteiger partial charge in [-0.25, -0.2) is 4.98 Å². The first-order chi connectivity index (χ1) is 15.0. The Kier molecular flexibility index (Phi) is 8.51. The molecule has 164 valence electrons. The second kappa shape index (κ2) is 11.3. The first-order valence-corrected chi connectivity index (χ1v) is 11.7. The van der Waals surface area contributed by atoms with E-state index in [9.17, 15) is 0 Å². The molecule has 0 aliphatic carbocycles. The van der Waals surface area contributed by atoms with Gasteiger partial charge in [-0.1, -0.05) is 55.8 Å². The molecule has 3 aromatic rings. The van der Waals surface area contributed by atoms with Gasteiger partial charge in [0.1, 0.15) is 0 Å². The number of aryl methyl sites for hydroxylation is 1. The fraction of sp³-hybridized carbons (Fsp3) is 0.370. The van der Waals surface area contributed by atoms with Crippen LogP contribution in [0.15, 0.2) is 48.5 Å². The molecule has 4 heteroatoms. The summed E-state index contributed by atoms with van der Waals surface area (Å²) in [5, 5.41) is 5.54. The minimum absolute atomic E-state index is 0.380. The van der Waals surface area contributed by atoms with Crippen molar-refractivity contribution in [3.05, 3.63) is 70.4 Å². The van der Waals surface area contributed by atoms with E-state index in [0.29, 0.717) is 11.1 Å². The molecular formula is C27H34ClN3. The van der Waals surface area contributed by atoms with Crippen LogP contribution in [0.2, 0.25) is 5.02 Å². The Morgan fingerprint density at radius 1 is 1.06 bits per heavy atom. The summed E-state index contributed by atoms with van der Waals surface area (Å²) >= 11 is 6.27. The second-order valence-corrected chi connectivity index (χ2v) is 8.60. The maximum atomic E-state index is 6.27. The smallest absolute Gasteiger partial charge is 0.0744 e. The number of rotatable bonds is 10. The Bertz CT molecular complexity index is 1020. The number of pyridine rings is 1. The summed E-state index contributed by atoms with van der Waals surface area (Å²) in [4.78, 5) is 7.32. The Labute approximate surface area is 192 Å². The Morgan fingerprint density at radius 2 is 1.84 bits per heavy atom. The SMILES string of the molecule is CCN(CC)CCCC(C)Nc1cc(/C=C/c2ccccc2C)nc2cc(Cl)ccc12. The molecule has 1 N–H and O–H groups in total. The average Bonchev–Trinajstić information content (AvgIpc) is 2.76. The van der Waals surface area contributed by atoms with Crippen molar-refractivity contribution in [1.29, 1.82) is 0 Å². The second-order valence-electron chi connectivity index (χ2n) is 8.16. The van der Waals surface area contributed by atoms with Crippen molar-refractivity contribution in [2.45, 2.75) is 46.6 Å². The van der Waals surface area contributed by atoms with Crippen LogP contribution >= 0.6 is 11.6 Å². The van der Waals surface area contributed by atoms with Gasteiger partial charge in [0.05, 0.1) is 11.2 Å². The highest BCUT2D eigenvalue weighted by molar-refractivity contribution is 6.31. The van der Waals surface area contributed by atoms with Crippen LogP contribution in [-0.2, 0) is 0 Å². The summed E-state index contributed by atoms with van der Waals surface area (Å²) in [5.41, 5.74) is 5.41. The van der Waals surface area contributed by atoms with Crippen LogP contribution in [0.25, 0.3) is 23.1 Å². The van der Waals surface area contributed by atoms with Gasteiger partial charge in [0.15, 0.2) is 0 Å². The van der Waals surface area contributed by atoms with Crippen molar-refractivity contribution >= 4 is 40.3 Å². The van der Waals surface area contributed by atoms with E-state index in [1.54, 1.807) is 0 Å². The van der Waals surface area contributed by atoms with E-state index in [2.05, 4.69) is 86.5 Å². The van der Waals surface area contributed by atoms with E-state index in [-0.39, 0.29) is 0 Å². The Hall–Kier alpha value is -2.36. The summed E-state index contributed by atoms with van der Waals surface area (Å²) < 4.78 is 0. The number of nitrogens with zero attached hydrogens (tertiary/aromatic N) is 2. The molecule has 1 aromatic heterocycles. The maximum Gasteiger partial charge on any atom is 0.0744 e. The van der Waals surface area contributed by atoms with Gasteiger partial charge in [-0.2, -0.15) is 0 Å². The summed E-state index contributed by atoms with van der Waals surface area (Å²) in [6.07, 6.45) is 6.53. The van der Waals surface area contributed by atoms with Crippen LogP contribution < -0.4 is 5.32 Å². The first-order valence-electron chi connectivity index (χ1n) is 11.3. The van der Waals surface area contributed by atoms with Gasteiger partial charge in [0.2, 0.25) is 0 Å². The van der Waals surface area contributed by atoms with Crippen LogP contribution in [0.5, 0.6) is 0 Å². The van der Waals surface area contributed by atoms with Gasteiger partial charge >= 0.3 is 0 Å². The number of aromatic nitrogens is 1. The van der Waals surface area contributed by atoms with E-state index in [1.807, 2.05) is 12.1 Å². The topological polar surface area (TPSA) is 28.2 Å². The molecule has 3 rings (SSSR count). The van der Waals surface area contributed by atoms with Gasteiger partial charge in [-0.3, -0.25) is 0 Å². The molecule has 0 bridgehead atoms. The van der Waals surface area contributed by atoms with Crippen molar-refractivity contribution in [3.63, 3.8) is 0 Å². The molecule has 0 aliphatic rings. The normalized spacial score (nSPS) is 12.7. The third kappa shape index (κ3) is 6.56. The van der Waals surface area contributed by atoms with Crippen molar-refractivity contribution in [2.24, 2.45) is 0 Å². The standard InChI is InChI=1S/C27H34ClN3/c1-5-31(6-2)17-9-11-21(4)29-27-19-24(15-13-22-12-8-7-10-20(22)3)30-26-18-23(28)14-16-25(26)27/h7-8,10,12-16,18-19,21H,5-6,9,11,17H2,1-4H3,(H,29,30)/b15-13+. The Balaban J connectivity index is 1.81. The lowest BCUT2D eigenvalue weighted by Gasteiger charge is -2.21. The number of fused-ring (bicyclic) bond motifs is 1. The number of hydrogen-bond acceptors (Lipinski definition) is 3. The molecule has 0 aliphatic heterocycles. The number of benzene rings is 2. The van der Waals surface area contributed by atoms with E-state index in [0.717, 1.165) is 48.3 Å². The van der Waals surface area contributed by atoms with Crippen molar-refractivity contribution < 1.29 is 0 Å². The third-order valence-electron chi connectivity index (χ3n) is 5.82. The quantitative estimate of drug-likeness (QED) is 0.362. The molecule has 3 nitrogen and oxygen atoms in total. The molecular weight excluding hydrogens is 402 g/mol. The van der Waals surface area contributed by atoms with Crippen LogP contribution in [0.3, 0.4) is 0 Å². The van der Waals surface area contributed by atoms with E-state index >= 15 is 0 Å². The number of anilines is 1. The van der Waals surface area contributed by atoms with Gasteiger partial charge in [0, 0.05) is 22.1 Å². The zero-order valence-electron chi connectivity index (χ0n) is 19.2. The molecule has 2 aromatic carbocycles. The van der Waals surface area contributed by atoms with Gasteiger partial charge in [-0.05, 0) is 87.8 Å². The largest absolute Gasteiger partial charge is 0.382 e. The third-order valence-corrected chi connectivity index (χ3v) is 6.06. The predicted octanol–water partition coefficient (Wildman–Crippen LogP) is 7.29. The van der Waals surface area contributed by atoms with Crippen LogP contribution in [0, 0.1) is 6.92 Å². The zero-order chi connectivity index (χ0) is 22.2. The highest BCUT2D eigenvalue weighted by atomic mass is 35.5. The van der Waals surface area contributed by atoms with E-state index < -0.39 is 0 Å². The molecule has 1 unspecified atom stereocenters. The molecule has 0 fully saturated rings. The lowest BCUT2D eigenvalue weighted by Crippen LogP contribution is -2.25. The molecule has 1 heterocycles. The average molecular weight is 436 g/mol. The first kappa shape index (κ1) is 23.3. The lowest BCUT2D eigenvalue weighted by atomic mass is 10.1. The zero-order valence-corrected chi connectivity index (χ0v) is 19.9. The monoisotopic (exact) mass is 435 g/mol. The van der Waals surface area contributed by atoms with Crippen molar-refractivity contribution in [1.82, 2.24) is 9.88 Å². The molecule has 31 heavy (non-hydrogen) atoms. The number of hydrogen-bond donors (Lipinski definition) is 1. The Morgan fingerprint density at radius 3 is 2.58 bits per heavy atom. The number of halogens is 1. The number of nitrogens with one attached hydrogen (secondary N) is 1. The van der Waals surface area contributed by atoms with Crippen molar-refractivity contribution in [2.75, 3.05) is 25.0 Å². The van der Waals surface area contributed by atoms with Crippen LogP contribution in [0.1, 0.15) is 50.4 Å². The van der Waals surface area contributed by atoms with Gasteiger partial charge in [-0.15, -0.1) is 0 Å². The summed E-state index contributed by atoms with van der Waals surface area (Å²) in [5.74, 6) is 0. The van der Waals surface area contributed by atoms with Gasteiger partial charge < -0.3 is 10.2 Å². The van der Waals surface area contributed by atoms with Crippen LogP contribution in [0.4, 0.5) is 5.69 Å². The molecule has 1 atom stereocenters. The lowest BCUT2D eigenvalue weighted by molar-refractivity contribution is 0.295. The van der Waals surface area contributed by atoms with Gasteiger partial charge in [0.25, 0.3) is 0 Å². The van der Waals surface area contributed by atoms with Crippen molar-refractivity contribution in [3.8, 4) is 0 Å². The molecule has 0 spiro atoms. The fourth-order valence-corrected chi connectivity index (χ4v) is 4.04. The van der Waals surface area contributed by atoms with E-state index in [1.165, 1.54) is 17.5 Å². The van der Waals surface area contributed by atoms with Crippen LogP contribution in [-0.4, -0.2) is 35.6 Å². The summed E-state index contributed by atoms with van der Waals surface area (Å²) in [6.45, 7) is 12.2. The predicted molar refractivity (Wildman–Crippen MR) is 137 cm³/mol. The molecule has 0 saturated carbocycles. The molecule has 0 saturated heterocycles. The maximum absolute atomic E-state index is 6.27. The minimum atomic E-state index is 0.380. The fourth-order valence-electron chi connectivity index (χ4n) is 3.87. The summed E-state index contributed by atoms with van der Waals surface area (Å²) in [6, 6.07) is 16.8. The highest BCUT2D eigenvalue weighted by Crippen LogP contribution is 2.28.